The summed E-state index contributed by atoms with van der Waals surface area (Å²) in [5.41, 5.74) is 1.91. The van der Waals surface area contributed by atoms with Crippen molar-refractivity contribution in [3.8, 4) is 5.75 Å². The van der Waals surface area contributed by atoms with Crippen LogP contribution in [0.1, 0.15) is 21.7 Å². The highest BCUT2D eigenvalue weighted by Crippen LogP contribution is 2.30. The summed E-state index contributed by atoms with van der Waals surface area (Å²) < 4.78 is 11.8. The molecule has 1 heterocycles. The van der Waals surface area contributed by atoms with Crippen LogP contribution in [0.2, 0.25) is 0 Å². The first-order chi connectivity index (χ1) is 10.1. The third kappa shape index (κ3) is 2.47. The molecule has 0 bridgehead atoms. The molecule has 0 fully saturated rings. The summed E-state index contributed by atoms with van der Waals surface area (Å²) in [5.74, 6) is 1.27. The van der Waals surface area contributed by atoms with Crippen LogP contribution in [-0.4, -0.2) is 12.9 Å². The average molecular weight is 345 g/mol. The third-order valence-corrected chi connectivity index (χ3v) is 3.93. The number of halogens is 1. The average Bonchev–Trinajstić information content (AvgIpc) is 2.82. The lowest BCUT2D eigenvalue weighted by Crippen LogP contribution is -2.02. The minimum atomic E-state index is -0.0491. The Morgan fingerprint density at radius 1 is 1.14 bits per heavy atom. The summed E-state index contributed by atoms with van der Waals surface area (Å²) >= 11 is 3.37. The van der Waals surface area contributed by atoms with Crippen molar-refractivity contribution in [1.82, 2.24) is 0 Å². The molecule has 0 atom stereocenters. The van der Waals surface area contributed by atoms with Crippen LogP contribution in [0, 0.1) is 6.92 Å². The molecule has 0 aliphatic heterocycles. The van der Waals surface area contributed by atoms with Crippen LogP contribution >= 0.6 is 15.9 Å². The van der Waals surface area contributed by atoms with Crippen molar-refractivity contribution in [2.45, 2.75) is 6.92 Å². The Morgan fingerprint density at radius 3 is 2.52 bits per heavy atom. The summed E-state index contributed by atoms with van der Waals surface area (Å²) in [6.07, 6.45) is 0. The molecule has 0 unspecified atom stereocenters. The highest BCUT2D eigenvalue weighted by molar-refractivity contribution is 9.10. The molecule has 0 N–H and O–H groups in total. The largest absolute Gasteiger partial charge is 0.497 e. The van der Waals surface area contributed by atoms with Crippen LogP contribution in [0.4, 0.5) is 0 Å². The van der Waals surface area contributed by atoms with Crippen molar-refractivity contribution in [2.24, 2.45) is 0 Å². The number of rotatable bonds is 3. The zero-order valence-electron chi connectivity index (χ0n) is 11.6. The van der Waals surface area contributed by atoms with Crippen molar-refractivity contribution >= 4 is 32.7 Å². The van der Waals surface area contributed by atoms with Crippen molar-refractivity contribution in [2.75, 3.05) is 7.11 Å². The van der Waals surface area contributed by atoms with Gasteiger partial charge in [0.15, 0.2) is 5.78 Å². The van der Waals surface area contributed by atoms with Crippen LogP contribution in [0.25, 0.3) is 11.0 Å². The van der Waals surface area contributed by atoms with E-state index in [0.29, 0.717) is 28.2 Å². The second-order valence-corrected chi connectivity index (χ2v) is 5.65. The molecule has 3 nitrogen and oxygen atoms in total. The number of aryl methyl sites for hydroxylation is 1. The first kappa shape index (κ1) is 13.9. The van der Waals surface area contributed by atoms with Gasteiger partial charge in [0.2, 0.25) is 0 Å². The smallest absolute Gasteiger partial charge is 0.197 e. The van der Waals surface area contributed by atoms with Crippen LogP contribution in [0.15, 0.2) is 51.4 Å². The highest BCUT2D eigenvalue weighted by Gasteiger charge is 2.20. The molecule has 0 amide bonds. The lowest BCUT2D eigenvalue weighted by molar-refractivity contribution is 0.103. The van der Waals surface area contributed by atoms with Gasteiger partial charge in [-0.25, -0.2) is 0 Å². The molecular formula is C17H13BrO3. The Labute approximate surface area is 130 Å². The predicted octanol–water partition coefficient (Wildman–Crippen LogP) is 4.74. The Kier molecular flexibility index (Phi) is 3.55. The lowest BCUT2D eigenvalue weighted by atomic mass is 10.0. The number of carbonyl (C=O) groups excluding carboxylic acids is 1. The van der Waals surface area contributed by atoms with E-state index >= 15 is 0 Å². The molecule has 106 valence electrons. The maximum Gasteiger partial charge on any atom is 0.197 e. The van der Waals surface area contributed by atoms with E-state index in [4.69, 9.17) is 9.15 Å². The molecule has 3 rings (SSSR count). The van der Waals surface area contributed by atoms with Crippen molar-refractivity contribution < 1.29 is 13.9 Å². The van der Waals surface area contributed by atoms with E-state index in [1.54, 1.807) is 26.2 Å². The number of furan rings is 1. The zero-order valence-corrected chi connectivity index (χ0v) is 13.2. The zero-order chi connectivity index (χ0) is 15.0. The van der Waals surface area contributed by atoms with Crippen LogP contribution in [0.3, 0.4) is 0 Å². The molecule has 0 radical (unpaired) electrons. The Hall–Kier alpha value is -2.07. The first-order valence-corrected chi connectivity index (χ1v) is 7.27. The second-order valence-electron chi connectivity index (χ2n) is 4.73. The van der Waals surface area contributed by atoms with E-state index in [0.717, 1.165) is 9.86 Å². The maximum atomic E-state index is 12.7. The lowest BCUT2D eigenvalue weighted by Gasteiger charge is -2.02. The molecular weight excluding hydrogens is 332 g/mol. The highest BCUT2D eigenvalue weighted by atomic mass is 79.9. The fourth-order valence-corrected chi connectivity index (χ4v) is 2.62. The Bertz CT molecular complexity index is 816. The fraction of sp³-hybridized carbons (Fsp3) is 0.118. The van der Waals surface area contributed by atoms with E-state index in [1.807, 2.05) is 30.3 Å². The van der Waals surface area contributed by atoms with E-state index in [1.165, 1.54) is 0 Å². The molecule has 0 spiro atoms. The van der Waals surface area contributed by atoms with E-state index in [2.05, 4.69) is 15.9 Å². The number of fused-ring (bicyclic) bond motifs is 1. The molecule has 0 saturated carbocycles. The van der Waals surface area contributed by atoms with Gasteiger partial charge in [-0.1, -0.05) is 15.9 Å². The molecule has 1 aromatic heterocycles. The quantitative estimate of drug-likeness (QED) is 0.644. The van der Waals surface area contributed by atoms with Crippen molar-refractivity contribution in [1.29, 1.82) is 0 Å². The standard InChI is InChI=1S/C17H13BrO3/c1-10-16(17(19)11-3-5-12(18)6-4-11)14-9-13(20-2)7-8-15(14)21-10/h3-9H,1-2H3. The first-order valence-electron chi connectivity index (χ1n) is 6.47. The molecule has 3 aromatic rings. The predicted molar refractivity (Wildman–Crippen MR) is 85.1 cm³/mol. The van der Waals surface area contributed by atoms with E-state index in [9.17, 15) is 4.79 Å². The summed E-state index contributed by atoms with van der Waals surface area (Å²) in [4.78, 5) is 12.7. The van der Waals surface area contributed by atoms with E-state index in [-0.39, 0.29) is 5.78 Å². The Morgan fingerprint density at radius 2 is 1.86 bits per heavy atom. The van der Waals surface area contributed by atoms with Gasteiger partial charge in [-0.2, -0.15) is 0 Å². The van der Waals surface area contributed by atoms with Crippen LogP contribution in [0.5, 0.6) is 5.75 Å². The van der Waals surface area contributed by atoms with Crippen molar-refractivity contribution in [3.63, 3.8) is 0 Å². The minimum absolute atomic E-state index is 0.0491. The van der Waals surface area contributed by atoms with E-state index < -0.39 is 0 Å². The second kappa shape index (κ2) is 5.37. The maximum absolute atomic E-state index is 12.7. The summed E-state index contributed by atoms with van der Waals surface area (Å²) in [6, 6.07) is 12.8. The fourth-order valence-electron chi connectivity index (χ4n) is 2.35. The van der Waals surface area contributed by atoms with Gasteiger partial charge >= 0.3 is 0 Å². The summed E-state index contributed by atoms with van der Waals surface area (Å²) in [7, 11) is 1.60. The summed E-state index contributed by atoms with van der Waals surface area (Å²) in [6.45, 7) is 1.80. The van der Waals surface area contributed by atoms with Gasteiger partial charge in [-0.05, 0) is 49.4 Å². The van der Waals surface area contributed by atoms with Crippen LogP contribution < -0.4 is 4.74 Å². The minimum Gasteiger partial charge on any atom is -0.497 e. The number of benzene rings is 2. The van der Waals surface area contributed by atoms with Gasteiger partial charge in [0.1, 0.15) is 17.1 Å². The summed E-state index contributed by atoms with van der Waals surface area (Å²) in [5, 5.41) is 0.778. The van der Waals surface area contributed by atoms with Gasteiger partial charge in [0.05, 0.1) is 12.7 Å². The monoisotopic (exact) mass is 344 g/mol. The molecule has 0 aliphatic rings. The van der Waals surface area contributed by atoms with Crippen molar-refractivity contribution in [3.05, 3.63) is 63.8 Å². The third-order valence-electron chi connectivity index (χ3n) is 3.40. The number of hydrogen-bond acceptors (Lipinski definition) is 3. The molecule has 0 aliphatic carbocycles. The number of methoxy groups -OCH3 is 1. The molecule has 21 heavy (non-hydrogen) atoms. The molecule has 2 aromatic carbocycles. The van der Waals surface area contributed by atoms with Gasteiger partial charge < -0.3 is 9.15 Å². The number of carbonyl (C=O) groups is 1. The molecule has 0 saturated heterocycles. The van der Waals surface area contributed by atoms with Gasteiger partial charge in [-0.15, -0.1) is 0 Å². The SMILES string of the molecule is COc1ccc2oc(C)c(C(=O)c3ccc(Br)cc3)c2c1. The number of hydrogen-bond donors (Lipinski definition) is 0. The topological polar surface area (TPSA) is 39.4 Å². The molecule has 4 heteroatoms. The van der Waals surface area contributed by atoms with Gasteiger partial charge in [0.25, 0.3) is 0 Å². The van der Waals surface area contributed by atoms with Gasteiger partial charge in [0, 0.05) is 15.4 Å². The Balaban J connectivity index is 2.16. The number of ether oxygens (including phenoxy) is 1. The van der Waals surface area contributed by atoms with Gasteiger partial charge in [-0.3, -0.25) is 4.79 Å². The number of ketones is 1. The normalized spacial score (nSPS) is 10.8. The van der Waals surface area contributed by atoms with Crippen LogP contribution in [-0.2, 0) is 0 Å².